The maximum absolute atomic E-state index is 5.60. The molecule has 0 atom stereocenters. The van der Waals surface area contributed by atoms with Gasteiger partial charge in [0.1, 0.15) is 5.75 Å². The number of hydrogen-bond donors (Lipinski definition) is 1. The molecule has 2 N–H and O–H groups in total. The number of benzene rings is 1. The van der Waals surface area contributed by atoms with Gasteiger partial charge in [0.15, 0.2) is 0 Å². The number of rotatable bonds is 4. The van der Waals surface area contributed by atoms with Crippen LogP contribution in [0, 0.1) is 0 Å². The molecule has 0 aliphatic heterocycles. The third-order valence-electron chi connectivity index (χ3n) is 2.35. The first-order valence-corrected chi connectivity index (χ1v) is 6.22. The molecule has 2 rings (SSSR count). The molecule has 0 radical (unpaired) electrons. The Labute approximate surface area is 99.7 Å². The van der Waals surface area contributed by atoms with Crippen molar-refractivity contribution in [3.8, 4) is 16.9 Å². The molecular formula is C13H15NOS. The first-order chi connectivity index (χ1) is 7.83. The van der Waals surface area contributed by atoms with Gasteiger partial charge in [-0.1, -0.05) is 12.1 Å². The molecule has 0 bridgehead atoms. The van der Waals surface area contributed by atoms with Gasteiger partial charge in [-0.15, -0.1) is 11.3 Å². The summed E-state index contributed by atoms with van der Waals surface area (Å²) in [6.07, 6.45) is 0. The van der Waals surface area contributed by atoms with Crippen LogP contribution in [0.1, 0.15) is 11.8 Å². The second kappa shape index (κ2) is 5.14. The van der Waals surface area contributed by atoms with Crippen LogP contribution in [-0.2, 0) is 6.54 Å². The van der Waals surface area contributed by atoms with Crippen molar-refractivity contribution in [3.05, 3.63) is 40.6 Å². The van der Waals surface area contributed by atoms with E-state index in [1.807, 2.05) is 19.1 Å². The third kappa shape index (κ3) is 2.43. The summed E-state index contributed by atoms with van der Waals surface area (Å²) in [7, 11) is 0. The summed E-state index contributed by atoms with van der Waals surface area (Å²) in [5.41, 5.74) is 8.03. The molecule has 1 heterocycles. The maximum atomic E-state index is 5.60. The monoisotopic (exact) mass is 233 g/mol. The number of ether oxygens (including phenoxy) is 1. The van der Waals surface area contributed by atoms with Crippen molar-refractivity contribution < 1.29 is 4.74 Å². The summed E-state index contributed by atoms with van der Waals surface area (Å²) in [6.45, 7) is 3.30. The number of hydrogen-bond acceptors (Lipinski definition) is 3. The zero-order valence-electron chi connectivity index (χ0n) is 9.27. The van der Waals surface area contributed by atoms with Crippen LogP contribution in [0.15, 0.2) is 35.7 Å². The van der Waals surface area contributed by atoms with E-state index >= 15 is 0 Å². The van der Waals surface area contributed by atoms with Gasteiger partial charge >= 0.3 is 0 Å². The highest BCUT2D eigenvalue weighted by molar-refractivity contribution is 7.10. The van der Waals surface area contributed by atoms with Crippen molar-refractivity contribution in [3.63, 3.8) is 0 Å². The molecule has 0 aliphatic rings. The van der Waals surface area contributed by atoms with Crippen molar-refractivity contribution in [1.29, 1.82) is 0 Å². The Bertz CT molecular complexity index is 447. The van der Waals surface area contributed by atoms with E-state index in [1.165, 1.54) is 16.0 Å². The van der Waals surface area contributed by atoms with Crippen LogP contribution in [0.3, 0.4) is 0 Å². The van der Waals surface area contributed by atoms with Crippen LogP contribution in [0.5, 0.6) is 5.75 Å². The van der Waals surface area contributed by atoms with E-state index < -0.39 is 0 Å². The second-order valence-electron chi connectivity index (χ2n) is 3.46. The fourth-order valence-corrected chi connectivity index (χ4v) is 2.32. The highest BCUT2D eigenvalue weighted by Gasteiger charge is 2.01. The lowest BCUT2D eigenvalue weighted by Gasteiger charge is -2.03. The average Bonchev–Trinajstić information content (AvgIpc) is 2.79. The normalized spacial score (nSPS) is 10.4. The Balaban J connectivity index is 2.20. The Morgan fingerprint density at radius 3 is 2.50 bits per heavy atom. The summed E-state index contributed by atoms with van der Waals surface area (Å²) in [5, 5.41) is 2.14. The van der Waals surface area contributed by atoms with Gasteiger partial charge in [0.2, 0.25) is 0 Å². The molecule has 0 aliphatic carbocycles. The molecule has 2 aromatic rings. The first kappa shape index (κ1) is 11.2. The van der Waals surface area contributed by atoms with Gasteiger partial charge < -0.3 is 10.5 Å². The molecule has 0 saturated carbocycles. The SMILES string of the molecule is CCOc1ccc(-c2csc(CN)c2)cc1. The molecule has 3 heteroatoms. The largest absolute Gasteiger partial charge is 0.494 e. The molecular weight excluding hydrogens is 218 g/mol. The summed E-state index contributed by atoms with van der Waals surface area (Å²) < 4.78 is 5.41. The fourth-order valence-electron chi connectivity index (χ4n) is 1.55. The Hall–Kier alpha value is -1.32. The summed E-state index contributed by atoms with van der Waals surface area (Å²) in [4.78, 5) is 1.21. The molecule has 0 spiro atoms. The highest BCUT2D eigenvalue weighted by Crippen LogP contribution is 2.26. The highest BCUT2D eigenvalue weighted by atomic mass is 32.1. The summed E-state index contributed by atoms with van der Waals surface area (Å²) >= 11 is 1.70. The van der Waals surface area contributed by atoms with Gasteiger partial charge in [-0.05, 0) is 41.6 Å². The minimum atomic E-state index is 0.613. The lowest BCUT2D eigenvalue weighted by atomic mass is 10.1. The van der Waals surface area contributed by atoms with E-state index in [0.717, 1.165) is 5.75 Å². The van der Waals surface area contributed by atoms with E-state index in [-0.39, 0.29) is 0 Å². The Kier molecular flexibility index (Phi) is 3.59. The maximum Gasteiger partial charge on any atom is 0.119 e. The van der Waals surface area contributed by atoms with E-state index in [9.17, 15) is 0 Å². The lowest BCUT2D eigenvalue weighted by molar-refractivity contribution is 0.340. The zero-order chi connectivity index (χ0) is 11.4. The van der Waals surface area contributed by atoms with Crippen molar-refractivity contribution in [1.82, 2.24) is 0 Å². The molecule has 1 aromatic heterocycles. The molecule has 0 unspecified atom stereocenters. The van der Waals surface area contributed by atoms with Crippen molar-refractivity contribution in [2.24, 2.45) is 5.73 Å². The topological polar surface area (TPSA) is 35.2 Å². The molecule has 0 fully saturated rings. The predicted molar refractivity (Wildman–Crippen MR) is 68.8 cm³/mol. The zero-order valence-corrected chi connectivity index (χ0v) is 10.1. The number of thiophene rings is 1. The van der Waals surface area contributed by atoms with Crippen LogP contribution >= 0.6 is 11.3 Å². The minimum absolute atomic E-state index is 0.613. The van der Waals surface area contributed by atoms with Crippen LogP contribution in [0.2, 0.25) is 0 Å². The Morgan fingerprint density at radius 2 is 1.94 bits per heavy atom. The molecule has 16 heavy (non-hydrogen) atoms. The molecule has 2 nitrogen and oxygen atoms in total. The molecule has 84 valence electrons. The number of nitrogens with two attached hydrogens (primary N) is 1. The van der Waals surface area contributed by atoms with Gasteiger partial charge in [-0.3, -0.25) is 0 Å². The fraction of sp³-hybridized carbons (Fsp3) is 0.231. The first-order valence-electron chi connectivity index (χ1n) is 5.34. The Morgan fingerprint density at radius 1 is 1.19 bits per heavy atom. The average molecular weight is 233 g/mol. The third-order valence-corrected chi connectivity index (χ3v) is 3.31. The predicted octanol–water partition coefficient (Wildman–Crippen LogP) is 3.27. The van der Waals surface area contributed by atoms with Gasteiger partial charge in [0, 0.05) is 11.4 Å². The van der Waals surface area contributed by atoms with Crippen molar-refractivity contribution >= 4 is 11.3 Å². The van der Waals surface area contributed by atoms with Gasteiger partial charge in [-0.2, -0.15) is 0 Å². The van der Waals surface area contributed by atoms with Crippen molar-refractivity contribution in [2.45, 2.75) is 13.5 Å². The van der Waals surface area contributed by atoms with E-state index in [2.05, 4.69) is 23.6 Å². The second-order valence-corrected chi connectivity index (χ2v) is 4.46. The van der Waals surface area contributed by atoms with E-state index in [0.29, 0.717) is 13.2 Å². The minimum Gasteiger partial charge on any atom is -0.494 e. The van der Waals surface area contributed by atoms with Gasteiger partial charge in [-0.25, -0.2) is 0 Å². The van der Waals surface area contributed by atoms with Crippen molar-refractivity contribution in [2.75, 3.05) is 6.61 Å². The summed E-state index contributed by atoms with van der Waals surface area (Å²) in [6, 6.07) is 10.3. The van der Waals surface area contributed by atoms with E-state index in [1.54, 1.807) is 11.3 Å². The summed E-state index contributed by atoms with van der Waals surface area (Å²) in [5.74, 6) is 0.917. The quantitative estimate of drug-likeness (QED) is 0.879. The lowest BCUT2D eigenvalue weighted by Crippen LogP contribution is -1.91. The van der Waals surface area contributed by atoms with Crippen LogP contribution in [0.25, 0.3) is 11.1 Å². The van der Waals surface area contributed by atoms with E-state index in [4.69, 9.17) is 10.5 Å². The standard InChI is InChI=1S/C13H15NOS/c1-2-15-12-5-3-10(4-6-12)11-7-13(8-14)16-9-11/h3-7,9H,2,8,14H2,1H3. The van der Waals surface area contributed by atoms with Gasteiger partial charge in [0.05, 0.1) is 6.61 Å². The smallest absolute Gasteiger partial charge is 0.119 e. The van der Waals surface area contributed by atoms with Crippen LogP contribution < -0.4 is 10.5 Å². The van der Waals surface area contributed by atoms with Crippen LogP contribution in [-0.4, -0.2) is 6.61 Å². The molecule has 0 saturated heterocycles. The molecule has 1 aromatic carbocycles. The molecule has 0 amide bonds. The van der Waals surface area contributed by atoms with Crippen LogP contribution in [0.4, 0.5) is 0 Å². The van der Waals surface area contributed by atoms with Gasteiger partial charge in [0.25, 0.3) is 0 Å².